The number of para-hydroxylation sites is 1. The first-order chi connectivity index (χ1) is 11.6. The highest BCUT2D eigenvalue weighted by atomic mass is 16.6. The molecule has 1 amide bonds. The molecule has 0 aromatic heterocycles. The van der Waals surface area contributed by atoms with E-state index in [1.807, 2.05) is 18.2 Å². The molecule has 0 aliphatic carbocycles. The van der Waals surface area contributed by atoms with Crippen LogP contribution >= 0.6 is 0 Å². The van der Waals surface area contributed by atoms with Crippen molar-refractivity contribution in [3.05, 3.63) is 70.3 Å². The van der Waals surface area contributed by atoms with Gasteiger partial charge in [0.2, 0.25) is 6.10 Å². The summed E-state index contributed by atoms with van der Waals surface area (Å²) in [6.07, 6.45) is -0.708. The smallest absolute Gasteiger partial charge is 0.269 e. The number of amides is 1. The van der Waals surface area contributed by atoms with E-state index >= 15 is 0 Å². The Hall–Kier alpha value is -2.93. The number of carbonyl (C=O) groups excluding carboxylic acids is 1. The highest BCUT2D eigenvalue weighted by Gasteiger charge is 2.49. The van der Waals surface area contributed by atoms with Crippen LogP contribution in [-0.4, -0.2) is 40.1 Å². The van der Waals surface area contributed by atoms with Gasteiger partial charge in [0.1, 0.15) is 11.8 Å². The van der Waals surface area contributed by atoms with Crippen molar-refractivity contribution in [3.63, 3.8) is 0 Å². The van der Waals surface area contributed by atoms with Crippen LogP contribution in [-0.2, 0) is 4.79 Å². The van der Waals surface area contributed by atoms with Crippen molar-refractivity contribution in [2.24, 2.45) is 0 Å². The Bertz CT molecular complexity index is 732. The Morgan fingerprint density at radius 3 is 2.38 bits per heavy atom. The van der Waals surface area contributed by atoms with Crippen molar-refractivity contribution in [1.82, 2.24) is 4.90 Å². The van der Waals surface area contributed by atoms with E-state index in [9.17, 15) is 14.9 Å². The van der Waals surface area contributed by atoms with Crippen LogP contribution in [0, 0.1) is 10.1 Å². The molecule has 24 heavy (non-hydrogen) atoms. The second-order valence-corrected chi connectivity index (χ2v) is 5.40. The van der Waals surface area contributed by atoms with Gasteiger partial charge in [0.25, 0.3) is 11.6 Å². The van der Waals surface area contributed by atoms with E-state index in [-0.39, 0.29) is 30.8 Å². The number of benzene rings is 2. The third-order valence-electron chi connectivity index (χ3n) is 3.94. The molecule has 1 saturated heterocycles. The second-order valence-electron chi connectivity index (χ2n) is 5.40. The van der Waals surface area contributed by atoms with Crippen LogP contribution in [0.3, 0.4) is 0 Å². The lowest BCUT2D eigenvalue weighted by Crippen LogP contribution is -2.61. The number of rotatable bonds is 6. The first-order valence-electron chi connectivity index (χ1n) is 7.49. The molecule has 1 aliphatic heterocycles. The topological polar surface area (TPSA) is 92.9 Å². The molecule has 2 aromatic carbocycles. The zero-order valence-electron chi connectivity index (χ0n) is 12.7. The highest BCUT2D eigenvalue weighted by molar-refractivity contribution is 5.89. The lowest BCUT2D eigenvalue weighted by Gasteiger charge is -2.46. The molecule has 0 saturated carbocycles. The van der Waals surface area contributed by atoms with Gasteiger partial charge in [-0.3, -0.25) is 14.9 Å². The van der Waals surface area contributed by atoms with Crippen LogP contribution < -0.4 is 4.74 Å². The SMILES string of the molecule is O=C1C(Oc2ccccc2)C(c2ccc([N+](=O)[O-])cc2)N1CCO. The zero-order chi connectivity index (χ0) is 17.1. The zero-order valence-corrected chi connectivity index (χ0v) is 12.7. The predicted octanol–water partition coefficient (Wildman–Crippen LogP) is 1.92. The van der Waals surface area contributed by atoms with Gasteiger partial charge in [0.05, 0.1) is 11.5 Å². The summed E-state index contributed by atoms with van der Waals surface area (Å²) in [4.78, 5) is 24.1. The van der Waals surface area contributed by atoms with Crippen LogP contribution in [0.1, 0.15) is 11.6 Å². The molecular formula is C17H16N2O5. The minimum absolute atomic E-state index is 0.0152. The molecule has 7 nitrogen and oxygen atoms in total. The summed E-state index contributed by atoms with van der Waals surface area (Å²) in [5, 5.41) is 19.9. The van der Waals surface area contributed by atoms with Crippen molar-refractivity contribution in [1.29, 1.82) is 0 Å². The first kappa shape index (κ1) is 15.9. The number of nitro benzene ring substituents is 1. The number of ether oxygens (including phenoxy) is 1. The summed E-state index contributed by atoms with van der Waals surface area (Å²) in [6, 6.07) is 14.6. The van der Waals surface area contributed by atoms with Gasteiger partial charge < -0.3 is 14.7 Å². The number of non-ortho nitro benzene ring substituents is 1. The van der Waals surface area contributed by atoms with Gasteiger partial charge in [-0.25, -0.2) is 0 Å². The van der Waals surface area contributed by atoms with Gasteiger partial charge in [-0.05, 0) is 29.8 Å². The summed E-state index contributed by atoms with van der Waals surface area (Å²) in [7, 11) is 0. The number of hydrogen-bond donors (Lipinski definition) is 1. The molecule has 1 heterocycles. The van der Waals surface area contributed by atoms with Gasteiger partial charge in [-0.2, -0.15) is 0 Å². The van der Waals surface area contributed by atoms with Gasteiger partial charge in [-0.1, -0.05) is 18.2 Å². The molecule has 1 fully saturated rings. The van der Waals surface area contributed by atoms with Crippen molar-refractivity contribution >= 4 is 11.6 Å². The summed E-state index contributed by atoms with van der Waals surface area (Å²) >= 11 is 0. The van der Waals surface area contributed by atoms with Crippen LogP contribution in [0.2, 0.25) is 0 Å². The molecule has 2 aromatic rings. The normalized spacial score (nSPS) is 19.7. The summed E-state index contributed by atoms with van der Waals surface area (Å²) in [6.45, 7) is 0.0302. The van der Waals surface area contributed by atoms with Gasteiger partial charge in [0.15, 0.2) is 0 Å². The van der Waals surface area contributed by atoms with Crippen molar-refractivity contribution in [2.45, 2.75) is 12.1 Å². The molecule has 124 valence electrons. The number of hydrogen-bond acceptors (Lipinski definition) is 5. The highest BCUT2D eigenvalue weighted by Crippen LogP contribution is 2.37. The maximum atomic E-state index is 12.3. The molecule has 2 atom stereocenters. The van der Waals surface area contributed by atoms with Gasteiger partial charge >= 0.3 is 0 Å². The second kappa shape index (κ2) is 6.67. The third kappa shape index (κ3) is 2.93. The Kier molecular flexibility index (Phi) is 4.43. The first-order valence-corrected chi connectivity index (χ1v) is 7.49. The monoisotopic (exact) mass is 328 g/mol. The summed E-state index contributed by atoms with van der Waals surface area (Å²) < 4.78 is 5.78. The fourth-order valence-electron chi connectivity index (χ4n) is 2.78. The van der Waals surface area contributed by atoms with E-state index in [0.29, 0.717) is 5.75 Å². The van der Waals surface area contributed by atoms with Gasteiger partial charge in [-0.15, -0.1) is 0 Å². The lowest BCUT2D eigenvalue weighted by atomic mass is 9.90. The predicted molar refractivity (Wildman–Crippen MR) is 85.5 cm³/mol. The molecule has 0 bridgehead atoms. The quantitative estimate of drug-likeness (QED) is 0.497. The summed E-state index contributed by atoms with van der Waals surface area (Å²) in [5.74, 6) is 0.364. The average molecular weight is 328 g/mol. The number of β-amino-alcohol motifs (C(OH)–C–C–N with tert-alkyl or cyclic N) is 1. The molecule has 0 radical (unpaired) electrons. The average Bonchev–Trinajstić information content (AvgIpc) is 2.61. The largest absolute Gasteiger partial charge is 0.478 e. The van der Waals surface area contributed by atoms with E-state index in [1.54, 1.807) is 24.3 Å². The minimum atomic E-state index is -0.708. The Balaban J connectivity index is 1.85. The molecule has 2 unspecified atom stereocenters. The molecule has 1 aliphatic rings. The van der Waals surface area contributed by atoms with Gasteiger partial charge in [0, 0.05) is 18.7 Å². The number of likely N-dealkylation sites (tertiary alicyclic amines) is 1. The Labute approximate surface area is 138 Å². The Morgan fingerprint density at radius 2 is 1.79 bits per heavy atom. The van der Waals surface area contributed by atoms with Crippen LogP contribution in [0.15, 0.2) is 54.6 Å². The van der Waals surface area contributed by atoms with Crippen LogP contribution in [0.25, 0.3) is 0 Å². The van der Waals surface area contributed by atoms with E-state index in [4.69, 9.17) is 9.84 Å². The van der Waals surface area contributed by atoms with E-state index in [1.165, 1.54) is 17.0 Å². The van der Waals surface area contributed by atoms with Crippen molar-refractivity contribution < 1.29 is 19.6 Å². The maximum Gasteiger partial charge on any atom is 0.269 e. The standard InChI is InChI=1S/C17H16N2O5/c20-11-10-18-15(12-6-8-13(9-7-12)19(22)23)16(17(18)21)24-14-4-2-1-3-5-14/h1-9,15-16,20H,10-11H2. The molecule has 3 rings (SSSR count). The number of β-lactam (4-membered cyclic amide) rings is 1. The van der Waals surface area contributed by atoms with E-state index in [2.05, 4.69) is 0 Å². The molecule has 0 spiro atoms. The van der Waals surface area contributed by atoms with Crippen molar-refractivity contribution in [3.8, 4) is 5.75 Å². The fourth-order valence-corrected chi connectivity index (χ4v) is 2.78. The lowest BCUT2D eigenvalue weighted by molar-refractivity contribution is -0.384. The Morgan fingerprint density at radius 1 is 1.12 bits per heavy atom. The van der Waals surface area contributed by atoms with E-state index < -0.39 is 11.0 Å². The number of aliphatic hydroxyl groups is 1. The molecular weight excluding hydrogens is 312 g/mol. The third-order valence-corrected chi connectivity index (χ3v) is 3.94. The minimum Gasteiger partial charge on any atom is -0.478 e. The maximum absolute atomic E-state index is 12.3. The van der Waals surface area contributed by atoms with Crippen LogP contribution in [0.4, 0.5) is 5.69 Å². The van der Waals surface area contributed by atoms with Crippen LogP contribution in [0.5, 0.6) is 5.75 Å². The fraction of sp³-hybridized carbons (Fsp3) is 0.235. The summed E-state index contributed by atoms with van der Waals surface area (Å²) in [5.41, 5.74) is 0.716. The number of aliphatic hydroxyl groups excluding tert-OH is 1. The van der Waals surface area contributed by atoms with Crippen molar-refractivity contribution in [2.75, 3.05) is 13.2 Å². The number of carbonyl (C=O) groups is 1. The number of nitrogens with zero attached hydrogens (tertiary/aromatic N) is 2. The molecule has 1 N–H and O–H groups in total. The molecule has 7 heteroatoms. The number of nitro groups is 1. The van der Waals surface area contributed by atoms with E-state index in [0.717, 1.165) is 5.56 Å².